The normalized spacial score (nSPS) is 16.0. The van der Waals surface area contributed by atoms with Gasteiger partial charge >= 0.3 is 0 Å². The van der Waals surface area contributed by atoms with Gasteiger partial charge in [-0.15, -0.1) is 0 Å². The van der Waals surface area contributed by atoms with Crippen LogP contribution in [0.15, 0.2) is 0 Å². The molecule has 8 heteroatoms. The number of aliphatic hydroxyl groups is 1. The van der Waals surface area contributed by atoms with E-state index in [0.29, 0.717) is 0 Å². The van der Waals surface area contributed by atoms with Crippen LogP contribution in [0.4, 0.5) is 0 Å². The summed E-state index contributed by atoms with van der Waals surface area (Å²) in [6.45, 7) is 0.723. The van der Waals surface area contributed by atoms with E-state index in [0.717, 1.165) is 0 Å². The van der Waals surface area contributed by atoms with Gasteiger partial charge in [0.05, 0.1) is 12.6 Å². The van der Waals surface area contributed by atoms with E-state index in [-0.39, 0.29) is 0 Å². The molecule has 0 heterocycles. The number of hydrogen-bond acceptors (Lipinski definition) is 6. The molecule has 0 rings (SSSR count). The second-order valence-corrected chi connectivity index (χ2v) is 3.31. The maximum atomic E-state index is 11.4. The van der Waals surface area contributed by atoms with E-state index >= 15 is 0 Å². The number of amides is 2. The molecule has 3 atom stereocenters. The van der Waals surface area contributed by atoms with Crippen molar-refractivity contribution >= 4 is 17.6 Å². The summed E-state index contributed by atoms with van der Waals surface area (Å²) in [5.74, 6) is -2.52. The van der Waals surface area contributed by atoms with Crippen LogP contribution in [0.2, 0.25) is 0 Å². The van der Waals surface area contributed by atoms with Gasteiger partial charge in [-0.1, -0.05) is 0 Å². The molecule has 8 N–H and O–H groups in total. The molecule has 0 saturated carbocycles. The van der Waals surface area contributed by atoms with Gasteiger partial charge in [-0.3, -0.25) is 14.4 Å². The average molecular weight is 232 g/mol. The molecular formula is C8H16N4O4. The van der Waals surface area contributed by atoms with Crippen molar-refractivity contribution in [1.29, 1.82) is 0 Å². The number of hydrogen-bond donors (Lipinski definition) is 5. The summed E-state index contributed by atoms with van der Waals surface area (Å²) in [7, 11) is 0. The van der Waals surface area contributed by atoms with E-state index in [1.165, 1.54) is 6.92 Å². The Bertz CT molecular complexity index is 292. The summed E-state index contributed by atoms with van der Waals surface area (Å²) in [5.41, 5.74) is 15.2. The second kappa shape index (κ2) is 6.16. The molecule has 0 aromatic carbocycles. The van der Waals surface area contributed by atoms with Gasteiger partial charge in [0.15, 0.2) is 5.78 Å². The Morgan fingerprint density at radius 1 is 1.31 bits per heavy atom. The molecule has 0 radical (unpaired) electrons. The smallest absolute Gasteiger partial charge is 0.242 e. The van der Waals surface area contributed by atoms with Crippen LogP contribution in [0.1, 0.15) is 6.92 Å². The van der Waals surface area contributed by atoms with Crippen molar-refractivity contribution in [1.82, 2.24) is 5.32 Å². The molecule has 0 bridgehead atoms. The van der Waals surface area contributed by atoms with Crippen molar-refractivity contribution < 1.29 is 19.5 Å². The SMILES string of the molecule is C[C@H](N)C(=O)N[C@@H](CO)C(=O)C(N)C(N)=O. The predicted molar refractivity (Wildman–Crippen MR) is 54.8 cm³/mol. The topological polar surface area (TPSA) is 162 Å². The molecule has 0 spiro atoms. The molecule has 0 aromatic heterocycles. The highest BCUT2D eigenvalue weighted by Gasteiger charge is 2.29. The van der Waals surface area contributed by atoms with E-state index < -0.39 is 42.3 Å². The van der Waals surface area contributed by atoms with Gasteiger partial charge in [0, 0.05) is 0 Å². The second-order valence-electron chi connectivity index (χ2n) is 3.31. The Morgan fingerprint density at radius 3 is 2.12 bits per heavy atom. The van der Waals surface area contributed by atoms with Crippen LogP contribution < -0.4 is 22.5 Å². The zero-order valence-electron chi connectivity index (χ0n) is 8.84. The van der Waals surface area contributed by atoms with Crippen LogP contribution >= 0.6 is 0 Å². The predicted octanol–water partition coefficient (Wildman–Crippen LogP) is -3.81. The lowest BCUT2D eigenvalue weighted by molar-refractivity contribution is -0.133. The van der Waals surface area contributed by atoms with E-state index in [9.17, 15) is 14.4 Å². The third-order valence-electron chi connectivity index (χ3n) is 1.87. The molecule has 0 aliphatic heterocycles. The van der Waals surface area contributed by atoms with E-state index in [1.807, 2.05) is 0 Å². The molecule has 0 saturated heterocycles. The number of ketones is 1. The third-order valence-corrected chi connectivity index (χ3v) is 1.87. The van der Waals surface area contributed by atoms with Gasteiger partial charge in [0.25, 0.3) is 0 Å². The lowest BCUT2D eigenvalue weighted by atomic mass is 10.1. The number of rotatable bonds is 6. The van der Waals surface area contributed by atoms with Crippen LogP contribution in [0, 0.1) is 0 Å². The molecule has 0 fully saturated rings. The van der Waals surface area contributed by atoms with Gasteiger partial charge in [0.2, 0.25) is 11.8 Å². The highest BCUT2D eigenvalue weighted by molar-refractivity contribution is 6.07. The monoisotopic (exact) mass is 232 g/mol. The van der Waals surface area contributed by atoms with Crippen LogP contribution in [-0.2, 0) is 14.4 Å². The standard InChI is InChI=1S/C8H16N4O4/c1-3(9)8(16)12-4(2-13)6(14)5(10)7(11)15/h3-5,13H,2,9-10H2,1H3,(H2,11,15)(H,12,16)/t3-,4-,5?/m0/s1. The fourth-order valence-corrected chi connectivity index (χ4v) is 0.867. The molecule has 0 aliphatic carbocycles. The summed E-state index contributed by atoms with van der Waals surface area (Å²) in [6, 6.07) is -3.68. The number of primary amides is 1. The molecule has 1 unspecified atom stereocenters. The third kappa shape index (κ3) is 3.93. The van der Waals surface area contributed by atoms with Gasteiger partial charge in [-0.25, -0.2) is 0 Å². The zero-order chi connectivity index (χ0) is 12.9. The molecule has 0 aliphatic rings. The van der Waals surface area contributed by atoms with Crippen molar-refractivity contribution in [2.75, 3.05) is 6.61 Å². The number of Topliss-reactive ketones (excluding diaryl/α,β-unsaturated/α-hetero) is 1. The maximum absolute atomic E-state index is 11.4. The lowest BCUT2D eigenvalue weighted by Crippen LogP contribution is -2.56. The summed E-state index contributed by atoms with van der Waals surface area (Å²) in [6.07, 6.45) is 0. The average Bonchev–Trinajstić information content (AvgIpc) is 2.22. The van der Waals surface area contributed by atoms with Crippen LogP contribution in [0.5, 0.6) is 0 Å². The van der Waals surface area contributed by atoms with Gasteiger partial charge in [-0.2, -0.15) is 0 Å². The highest BCUT2D eigenvalue weighted by atomic mass is 16.3. The highest BCUT2D eigenvalue weighted by Crippen LogP contribution is 1.92. The van der Waals surface area contributed by atoms with Crippen molar-refractivity contribution in [2.45, 2.75) is 25.0 Å². The number of carbonyl (C=O) groups excluding carboxylic acids is 3. The minimum atomic E-state index is -1.56. The van der Waals surface area contributed by atoms with Crippen LogP contribution in [0.3, 0.4) is 0 Å². The molecule has 0 aromatic rings. The Hall–Kier alpha value is -1.51. The van der Waals surface area contributed by atoms with Gasteiger partial charge in [-0.05, 0) is 6.92 Å². The quantitative estimate of drug-likeness (QED) is 0.295. The summed E-state index contributed by atoms with van der Waals surface area (Å²) >= 11 is 0. The number of carbonyl (C=O) groups is 3. The van der Waals surface area contributed by atoms with Gasteiger partial charge < -0.3 is 27.6 Å². The minimum absolute atomic E-state index is 0.635. The van der Waals surface area contributed by atoms with Crippen molar-refractivity contribution in [3.8, 4) is 0 Å². The Balaban J connectivity index is 4.56. The van der Waals surface area contributed by atoms with E-state index in [1.54, 1.807) is 0 Å². The fourth-order valence-electron chi connectivity index (χ4n) is 0.867. The van der Waals surface area contributed by atoms with E-state index in [2.05, 4.69) is 5.32 Å². The lowest BCUT2D eigenvalue weighted by Gasteiger charge is -2.18. The number of aliphatic hydroxyl groups excluding tert-OH is 1. The molecule has 8 nitrogen and oxygen atoms in total. The Kier molecular flexibility index (Phi) is 5.57. The van der Waals surface area contributed by atoms with Crippen LogP contribution in [0.25, 0.3) is 0 Å². The Morgan fingerprint density at radius 2 is 1.81 bits per heavy atom. The first kappa shape index (κ1) is 14.5. The maximum Gasteiger partial charge on any atom is 0.242 e. The van der Waals surface area contributed by atoms with Crippen LogP contribution in [-0.4, -0.2) is 47.4 Å². The first-order valence-electron chi connectivity index (χ1n) is 4.56. The van der Waals surface area contributed by atoms with Crippen molar-refractivity contribution in [2.24, 2.45) is 17.2 Å². The Labute approximate surface area is 92.1 Å². The first-order chi connectivity index (χ1) is 7.31. The van der Waals surface area contributed by atoms with E-state index in [4.69, 9.17) is 22.3 Å². The molecular weight excluding hydrogens is 216 g/mol. The van der Waals surface area contributed by atoms with Crippen molar-refractivity contribution in [3.05, 3.63) is 0 Å². The number of nitrogens with two attached hydrogens (primary N) is 3. The van der Waals surface area contributed by atoms with Crippen molar-refractivity contribution in [3.63, 3.8) is 0 Å². The fraction of sp³-hybridized carbons (Fsp3) is 0.625. The molecule has 92 valence electrons. The largest absolute Gasteiger partial charge is 0.394 e. The molecule has 16 heavy (non-hydrogen) atoms. The van der Waals surface area contributed by atoms with Gasteiger partial charge in [0.1, 0.15) is 12.1 Å². The summed E-state index contributed by atoms with van der Waals surface area (Å²) < 4.78 is 0. The first-order valence-corrected chi connectivity index (χ1v) is 4.56. The number of nitrogens with one attached hydrogen (secondary N) is 1. The molecule has 2 amide bonds. The zero-order valence-corrected chi connectivity index (χ0v) is 8.84. The summed E-state index contributed by atoms with van der Waals surface area (Å²) in [4.78, 5) is 33.2. The minimum Gasteiger partial charge on any atom is -0.394 e. The summed E-state index contributed by atoms with van der Waals surface area (Å²) in [5, 5.41) is 11.0.